The second-order valence-electron chi connectivity index (χ2n) is 2.30. The van der Waals surface area contributed by atoms with E-state index in [-0.39, 0.29) is 0 Å². The zero-order valence-electron chi connectivity index (χ0n) is 5.54. The van der Waals surface area contributed by atoms with Crippen LogP contribution in [0, 0.1) is 0 Å². The molecule has 1 aromatic rings. The molecule has 0 saturated heterocycles. The number of nitrogens with zero attached hydrogens (tertiary/aromatic N) is 1. The Labute approximate surface area is 59.3 Å². The Hall–Kier alpha value is -1.31. The summed E-state index contributed by atoms with van der Waals surface area (Å²) in [4.78, 5) is 0. The molecular formula is C8H8N2. The Morgan fingerprint density at radius 3 is 3.40 bits per heavy atom. The van der Waals surface area contributed by atoms with E-state index in [0.717, 1.165) is 6.42 Å². The topological polar surface area (TPSA) is 28.7 Å². The van der Waals surface area contributed by atoms with E-state index in [0.29, 0.717) is 0 Å². The van der Waals surface area contributed by atoms with Gasteiger partial charge in [0.05, 0.1) is 6.20 Å². The Morgan fingerprint density at radius 2 is 2.40 bits per heavy atom. The van der Waals surface area contributed by atoms with Crippen molar-refractivity contribution in [2.45, 2.75) is 6.42 Å². The maximum atomic E-state index is 3.94. The molecule has 10 heavy (non-hydrogen) atoms. The lowest BCUT2D eigenvalue weighted by atomic mass is 10.2. The first kappa shape index (κ1) is 5.47. The quantitative estimate of drug-likeness (QED) is 0.569. The van der Waals surface area contributed by atoms with Crippen LogP contribution < -0.4 is 0 Å². The molecule has 2 heteroatoms. The van der Waals surface area contributed by atoms with Gasteiger partial charge in [0.15, 0.2) is 0 Å². The second kappa shape index (κ2) is 2.14. The summed E-state index contributed by atoms with van der Waals surface area (Å²) >= 11 is 0. The van der Waals surface area contributed by atoms with Crippen LogP contribution in [0.15, 0.2) is 24.4 Å². The smallest absolute Gasteiger partial charge is 0.0562 e. The average Bonchev–Trinajstić information content (AvgIpc) is 2.28. The van der Waals surface area contributed by atoms with Crippen molar-refractivity contribution >= 4 is 6.08 Å². The number of hydrogen-bond acceptors (Lipinski definition) is 1. The molecule has 1 aromatic heterocycles. The van der Waals surface area contributed by atoms with Crippen LogP contribution in [-0.4, -0.2) is 10.2 Å². The number of H-pyrrole nitrogens is 1. The van der Waals surface area contributed by atoms with Gasteiger partial charge in [0.1, 0.15) is 0 Å². The molecule has 0 atom stereocenters. The summed E-state index contributed by atoms with van der Waals surface area (Å²) in [7, 11) is 0. The monoisotopic (exact) mass is 132 g/mol. The molecule has 0 unspecified atom stereocenters. The van der Waals surface area contributed by atoms with Crippen LogP contribution in [0.4, 0.5) is 0 Å². The van der Waals surface area contributed by atoms with E-state index in [4.69, 9.17) is 0 Å². The van der Waals surface area contributed by atoms with Gasteiger partial charge < -0.3 is 0 Å². The van der Waals surface area contributed by atoms with Crippen molar-refractivity contribution in [3.05, 3.63) is 35.7 Å². The second-order valence-corrected chi connectivity index (χ2v) is 2.30. The van der Waals surface area contributed by atoms with Crippen LogP contribution >= 0.6 is 0 Å². The van der Waals surface area contributed by atoms with E-state index in [1.165, 1.54) is 11.3 Å². The molecule has 2 rings (SSSR count). The van der Waals surface area contributed by atoms with E-state index in [9.17, 15) is 0 Å². The number of fused-ring (bicyclic) bond motifs is 1. The highest BCUT2D eigenvalue weighted by atomic mass is 15.1. The number of aromatic nitrogens is 2. The van der Waals surface area contributed by atoms with Crippen LogP contribution in [0.2, 0.25) is 0 Å². The molecular weight excluding hydrogens is 124 g/mol. The van der Waals surface area contributed by atoms with Crippen LogP contribution in [0.5, 0.6) is 0 Å². The van der Waals surface area contributed by atoms with Gasteiger partial charge in [-0.25, -0.2) is 0 Å². The summed E-state index contributed by atoms with van der Waals surface area (Å²) in [5.74, 6) is 0. The number of allylic oxidation sites excluding steroid dienone is 3. The van der Waals surface area contributed by atoms with Crippen molar-refractivity contribution in [3.63, 3.8) is 0 Å². The molecule has 0 bridgehead atoms. The largest absolute Gasteiger partial charge is 0.282 e. The highest BCUT2D eigenvalue weighted by Crippen LogP contribution is 2.10. The fraction of sp³-hybridized carbons (Fsp3) is 0.125. The molecule has 0 fully saturated rings. The molecule has 1 aliphatic rings. The molecule has 0 amide bonds. The van der Waals surface area contributed by atoms with Gasteiger partial charge in [0.2, 0.25) is 0 Å². The number of aromatic amines is 1. The lowest BCUT2D eigenvalue weighted by Gasteiger charge is -1.88. The SMILES string of the molecule is C1=CCc2[nH]ncc2C=C1. The first-order chi connectivity index (χ1) is 4.97. The van der Waals surface area contributed by atoms with Crippen molar-refractivity contribution in [3.8, 4) is 0 Å². The lowest BCUT2D eigenvalue weighted by molar-refractivity contribution is 1.01. The minimum atomic E-state index is 0.961. The van der Waals surface area contributed by atoms with Crippen LogP contribution in [0.25, 0.3) is 6.08 Å². The predicted molar refractivity (Wildman–Crippen MR) is 40.5 cm³/mol. The molecule has 1 N–H and O–H groups in total. The summed E-state index contributed by atoms with van der Waals surface area (Å²) < 4.78 is 0. The molecule has 2 nitrogen and oxygen atoms in total. The summed E-state index contributed by atoms with van der Waals surface area (Å²) in [6, 6.07) is 0. The molecule has 1 heterocycles. The van der Waals surface area contributed by atoms with Gasteiger partial charge in [-0.3, -0.25) is 5.10 Å². The van der Waals surface area contributed by atoms with Gasteiger partial charge in [-0.05, 0) is 0 Å². The fourth-order valence-corrected chi connectivity index (χ4v) is 1.05. The van der Waals surface area contributed by atoms with Gasteiger partial charge in [-0.1, -0.05) is 24.3 Å². The third kappa shape index (κ3) is 0.778. The summed E-state index contributed by atoms with van der Waals surface area (Å²) in [6.45, 7) is 0. The highest BCUT2D eigenvalue weighted by Gasteiger charge is 1.99. The summed E-state index contributed by atoms with van der Waals surface area (Å²) in [5, 5.41) is 6.88. The predicted octanol–water partition coefficient (Wildman–Crippen LogP) is 1.54. The minimum absolute atomic E-state index is 0.961. The van der Waals surface area contributed by atoms with Crippen LogP contribution in [-0.2, 0) is 6.42 Å². The number of rotatable bonds is 0. The number of hydrogen-bond donors (Lipinski definition) is 1. The fourth-order valence-electron chi connectivity index (χ4n) is 1.05. The van der Waals surface area contributed by atoms with Gasteiger partial charge in [0.25, 0.3) is 0 Å². The van der Waals surface area contributed by atoms with Gasteiger partial charge in [-0.15, -0.1) is 0 Å². The van der Waals surface area contributed by atoms with E-state index >= 15 is 0 Å². The Balaban J connectivity index is 2.50. The zero-order valence-corrected chi connectivity index (χ0v) is 5.54. The van der Waals surface area contributed by atoms with E-state index < -0.39 is 0 Å². The van der Waals surface area contributed by atoms with E-state index in [1.54, 1.807) is 0 Å². The van der Waals surface area contributed by atoms with Crippen molar-refractivity contribution in [2.24, 2.45) is 0 Å². The minimum Gasteiger partial charge on any atom is -0.282 e. The zero-order chi connectivity index (χ0) is 6.81. The highest BCUT2D eigenvalue weighted by molar-refractivity contribution is 5.54. The molecule has 0 spiro atoms. The Morgan fingerprint density at radius 1 is 1.40 bits per heavy atom. The van der Waals surface area contributed by atoms with E-state index in [1.807, 2.05) is 18.3 Å². The molecule has 1 aliphatic carbocycles. The Kier molecular flexibility index (Phi) is 1.17. The van der Waals surface area contributed by atoms with Crippen LogP contribution in [0.1, 0.15) is 11.3 Å². The third-order valence-corrected chi connectivity index (χ3v) is 1.60. The first-order valence-corrected chi connectivity index (χ1v) is 3.32. The molecule has 50 valence electrons. The van der Waals surface area contributed by atoms with E-state index in [2.05, 4.69) is 22.3 Å². The van der Waals surface area contributed by atoms with Gasteiger partial charge >= 0.3 is 0 Å². The molecule has 0 aliphatic heterocycles. The Bertz CT molecular complexity index is 281. The number of nitrogens with one attached hydrogen (secondary N) is 1. The molecule has 0 radical (unpaired) electrons. The standard InChI is InChI=1S/C8H8N2/c1-2-4-7-6-9-10-8(7)5-3-1/h1-4,6H,5H2,(H,9,10). The summed E-state index contributed by atoms with van der Waals surface area (Å²) in [6.07, 6.45) is 11.1. The van der Waals surface area contributed by atoms with Gasteiger partial charge in [-0.2, -0.15) is 5.10 Å². The van der Waals surface area contributed by atoms with Crippen molar-refractivity contribution in [2.75, 3.05) is 0 Å². The van der Waals surface area contributed by atoms with Gasteiger partial charge in [0, 0.05) is 17.7 Å². The average molecular weight is 132 g/mol. The summed E-state index contributed by atoms with van der Waals surface area (Å²) in [5.41, 5.74) is 2.40. The maximum absolute atomic E-state index is 3.94. The lowest BCUT2D eigenvalue weighted by Crippen LogP contribution is -1.81. The van der Waals surface area contributed by atoms with Crippen molar-refractivity contribution in [1.29, 1.82) is 0 Å². The molecule has 0 aromatic carbocycles. The van der Waals surface area contributed by atoms with Crippen LogP contribution in [0.3, 0.4) is 0 Å². The molecule has 0 saturated carbocycles. The third-order valence-electron chi connectivity index (χ3n) is 1.60. The maximum Gasteiger partial charge on any atom is 0.0562 e. The van der Waals surface area contributed by atoms with Crippen molar-refractivity contribution in [1.82, 2.24) is 10.2 Å². The first-order valence-electron chi connectivity index (χ1n) is 3.32. The normalized spacial score (nSPS) is 14.8. The van der Waals surface area contributed by atoms with Crippen molar-refractivity contribution < 1.29 is 0 Å².